The molecule has 0 aliphatic carbocycles. The lowest BCUT2D eigenvalue weighted by atomic mass is 9.86. The second-order valence-electron chi connectivity index (χ2n) is 9.70. The molecule has 6 rings (SSSR count). The Hall–Kier alpha value is -4.66. The van der Waals surface area contributed by atoms with Crippen molar-refractivity contribution in [1.82, 2.24) is 14.8 Å². The number of carbonyl (C=O) groups is 2. The Morgan fingerprint density at radius 1 is 1.05 bits per heavy atom. The SMILES string of the molecule is COc1ccc(CCN2CC(=O)N3[C@H](c4cccc([N+](=O)[O-])c4)c4[nH]c5ccccc5c4C[C@H]3C2=O)cc1. The topological polar surface area (TPSA) is 109 Å². The Morgan fingerprint density at radius 2 is 1.84 bits per heavy atom. The van der Waals surface area contributed by atoms with Crippen LogP contribution < -0.4 is 4.74 Å². The molecule has 9 heteroatoms. The van der Waals surface area contributed by atoms with Gasteiger partial charge in [-0.25, -0.2) is 0 Å². The zero-order chi connectivity index (χ0) is 26.4. The Bertz CT molecular complexity index is 1560. The van der Waals surface area contributed by atoms with E-state index in [1.165, 1.54) is 12.1 Å². The third-order valence-corrected chi connectivity index (χ3v) is 7.57. The molecule has 2 aliphatic rings. The van der Waals surface area contributed by atoms with Gasteiger partial charge >= 0.3 is 0 Å². The van der Waals surface area contributed by atoms with Crippen LogP contribution in [0.5, 0.6) is 5.75 Å². The second kappa shape index (κ2) is 9.33. The maximum atomic E-state index is 13.8. The maximum absolute atomic E-state index is 13.8. The summed E-state index contributed by atoms with van der Waals surface area (Å²) in [6.45, 7) is 0.385. The molecule has 38 heavy (non-hydrogen) atoms. The summed E-state index contributed by atoms with van der Waals surface area (Å²) in [7, 11) is 1.61. The van der Waals surface area contributed by atoms with Gasteiger partial charge in [-0.05, 0) is 41.3 Å². The highest BCUT2D eigenvalue weighted by molar-refractivity contribution is 5.97. The van der Waals surface area contributed by atoms with Crippen molar-refractivity contribution < 1.29 is 19.2 Å². The van der Waals surface area contributed by atoms with Crippen molar-refractivity contribution >= 4 is 28.4 Å². The Kier molecular flexibility index (Phi) is 5.83. The average molecular weight is 511 g/mol. The van der Waals surface area contributed by atoms with Crippen molar-refractivity contribution in [3.63, 3.8) is 0 Å². The summed E-state index contributed by atoms with van der Waals surface area (Å²) in [4.78, 5) is 45.3. The molecule has 4 aromatic rings. The number of para-hydroxylation sites is 1. The molecule has 3 aromatic carbocycles. The number of nitrogens with one attached hydrogen (secondary N) is 1. The van der Waals surface area contributed by atoms with Gasteiger partial charge in [0.25, 0.3) is 5.69 Å². The molecule has 0 saturated carbocycles. The van der Waals surface area contributed by atoms with Crippen LogP contribution in [-0.4, -0.2) is 57.8 Å². The Labute approximate surface area is 218 Å². The first kappa shape index (κ1) is 23.7. The predicted octanol–water partition coefficient (Wildman–Crippen LogP) is 4.01. The average Bonchev–Trinajstić information content (AvgIpc) is 3.31. The number of rotatable bonds is 6. The first-order chi connectivity index (χ1) is 18.4. The number of non-ortho nitro benzene ring substituents is 1. The number of nitro groups is 1. The molecule has 0 unspecified atom stereocenters. The molecule has 0 radical (unpaired) electrons. The van der Waals surface area contributed by atoms with E-state index in [4.69, 9.17) is 4.74 Å². The van der Waals surface area contributed by atoms with E-state index >= 15 is 0 Å². The minimum Gasteiger partial charge on any atom is -0.497 e. The molecular formula is C29H26N4O5. The van der Waals surface area contributed by atoms with Crippen LogP contribution >= 0.6 is 0 Å². The minimum absolute atomic E-state index is 0.0352. The van der Waals surface area contributed by atoms with Crippen LogP contribution in [0.3, 0.4) is 0 Å². The van der Waals surface area contributed by atoms with Gasteiger partial charge in [0.2, 0.25) is 11.8 Å². The monoisotopic (exact) mass is 510 g/mol. The molecule has 0 spiro atoms. The second-order valence-corrected chi connectivity index (χ2v) is 9.70. The van der Waals surface area contributed by atoms with Gasteiger partial charge in [-0.15, -0.1) is 0 Å². The number of aromatic nitrogens is 1. The molecule has 192 valence electrons. The quantitative estimate of drug-likeness (QED) is 0.311. The van der Waals surface area contributed by atoms with Gasteiger partial charge in [0.05, 0.1) is 24.6 Å². The molecule has 1 N–H and O–H groups in total. The van der Waals surface area contributed by atoms with Crippen LogP contribution in [0.25, 0.3) is 10.9 Å². The molecule has 0 bridgehead atoms. The standard InChI is InChI=1S/C29H26N4O5/c1-38-21-11-9-18(10-12-21)13-14-31-17-26(34)32-25(29(31)35)16-23-22-7-2-3-8-24(22)30-27(23)28(32)19-5-4-6-20(15-19)33(36)37/h2-12,15,25,28,30H,13-14,16-17H2,1H3/t25-,28+/m0/s1. The van der Waals surface area contributed by atoms with Crippen LogP contribution in [0.4, 0.5) is 5.69 Å². The highest BCUT2D eigenvalue weighted by Crippen LogP contribution is 2.43. The van der Waals surface area contributed by atoms with Gasteiger partial charge in [0.1, 0.15) is 11.8 Å². The van der Waals surface area contributed by atoms with Crippen molar-refractivity contribution in [1.29, 1.82) is 0 Å². The van der Waals surface area contributed by atoms with Crippen LogP contribution in [0.2, 0.25) is 0 Å². The number of fused-ring (bicyclic) bond motifs is 4. The van der Waals surface area contributed by atoms with E-state index in [2.05, 4.69) is 4.98 Å². The van der Waals surface area contributed by atoms with Crippen molar-refractivity contribution in [2.45, 2.75) is 24.9 Å². The number of H-pyrrole nitrogens is 1. The Morgan fingerprint density at radius 3 is 2.61 bits per heavy atom. The third kappa shape index (κ3) is 3.96. The predicted molar refractivity (Wildman–Crippen MR) is 141 cm³/mol. The lowest BCUT2D eigenvalue weighted by Gasteiger charge is -2.47. The van der Waals surface area contributed by atoms with E-state index in [0.717, 1.165) is 33.5 Å². The minimum atomic E-state index is -0.692. The Balaban J connectivity index is 1.37. The number of nitrogens with zero attached hydrogens (tertiary/aromatic N) is 3. The van der Waals surface area contributed by atoms with E-state index in [1.54, 1.807) is 29.0 Å². The molecule has 1 saturated heterocycles. The summed E-state index contributed by atoms with van der Waals surface area (Å²) >= 11 is 0. The molecule has 2 atom stereocenters. The van der Waals surface area contributed by atoms with E-state index in [0.29, 0.717) is 24.9 Å². The lowest BCUT2D eigenvalue weighted by Crippen LogP contribution is -2.63. The fourth-order valence-corrected chi connectivity index (χ4v) is 5.72. The first-order valence-electron chi connectivity index (χ1n) is 12.5. The fourth-order valence-electron chi connectivity index (χ4n) is 5.72. The number of benzene rings is 3. The van der Waals surface area contributed by atoms with E-state index in [9.17, 15) is 19.7 Å². The summed E-state index contributed by atoms with van der Waals surface area (Å²) in [5.74, 6) is 0.479. The molecule has 3 heterocycles. The number of amides is 2. The highest BCUT2D eigenvalue weighted by atomic mass is 16.6. The van der Waals surface area contributed by atoms with Gasteiger partial charge in [0.15, 0.2) is 0 Å². The lowest BCUT2D eigenvalue weighted by molar-refractivity contribution is -0.384. The maximum Gasteiger partial charge on any atom is 0.269 e. The zero-order valence-electron chi connectivity index (χ0n) is 20.8. The largest absolute Gasteiger partial charge is 0.497 e. The molecule has 1 aromatic heterocycles. The number of methoxy groups -OCH3 is 1. The third-order valence-electron chi connectivity index (χ3n) is 7.57. The van der Waals surface area contributed by atoms with E-state index < -0.39 is 17.0 Å². The van der Waals surface area contributed by atoms with Crippen LogP contribution in [-0.2, 0) is 22.4 Å². The molecular weight excluding hydrogens is 484 g/mol. The molecule has 2 aliphatic heterocycles. The number of nitro benzene ring substituents is 1. The number of hydrogen-bond donors (Lipinski definition) is 1. The van der Waals surface area contributed by atoms with Crippen molar-refractivity contribution in [3.8, 4) is 5.75 Å². The smallest absolute Gasteiger partial charge is 0.269 e. The van der Waals surface area contributed by atoms with Gasteiger partial charge in [-0.2, -0.15) is 0 Å². The van der Waals surface area contributed by atoms with Crippen LogP contribution in [0, 0.1) is 10.1 Å². The van der Waals surface area contributed by atoms with E-state index in [1.807, 2.05) is 48.5 Å². The number of ether oxygens (including phenoxy) is 1. The number of hydrogen-bond acceptors (Lipinski definition) is 5. The zero-order valence-corrected chi connectivity index (χ0v) is 20.8. The van der Waals surface area contributed by atoms with Crippen molar-refractivity contribution in [3.05, 3.63) is 105 Å². The first-order valence-corrected chi connectivity index (χ1v) is 12.5. The summed E-state index contributed by atoms with van der Waals surface area (Å²) in [6.07, 6.45) is 0.997. The number of piperazine rings is 1. The fraction of sp³-hybridized carbons (Fsp3) is 0.241. The van der Waals surface area contributed by atoms with Gasteiger partial charge in [-0.1, -0.05) is 42.5 Å². The number of carbonyl (C=O) groups excluding carboxylic acids is 2. The van der Waals surface area contributed by atoms with Crippen molar-refractivity contribution in [2.75, 3.05) is 20.2 Å². The summed E-state index contributed by atoms with van der Waals surface area (Å²) < 4.78 is 5.22. The number of aromatic amines is 1. The molecule has 1 fully saturated rings. The van der Waals surface area contributed by atoms with Gasteiger partial charge < -0.3 is 19.5 Å². The van der Waals surface area contributed by atoms with Crippen LogP contribution in [0.1, 0.15) is 28.4 Å². The molecule has 9 nitrogen and oxygen atoms in total. The van der Waals surface area contributed by atoms with Gasteiger partial charge in [-0.3, -0.25) is 19.7 Å². The normalized spacial score (nSPS) is 18.9. The summed E-state index contributed by atoms with van der Waals surface area (Å²) in [6, 6.07) is 20.5. The summed E-state index contributed by atoms with van der Waals surface area (Å²) in [5, 5.41) is 12.5. The van der Waals surface area contributed by atoms with Crippen molar-refractivity contribution in [2.24, 2.45) is 0 Å². The van der Waals surface area contributed by atoms with E-state index in [-0.39, 0.29) is 24.0 Å². The molecule has 2 amide bonds. The summed E-state index contributed by atoms with van der Waals surface area (Å²) in [5.41, 5.74) is 4.27. The highest BCUT2D eigenvalue weighted by Gasteiger charge is 2.48. The van der Waals surface area contributed by atoms with Crippen LogP contribution in [0.15, 0.2) is 72.8 Å². The van der Waals surface area contributed by atoms with Gasteiger partial charge in [0, 0.05) is 41.7 Å².